The highest BCUT2D eigenvalue weighted by molar-refractivity contribution is 6.03. The number of benzene rings is 2. The zero-order valence-corrected chi connectivity index (χ0v) is 36.6. The van der Waals surface area contributed by atoms with Crippen molar-refractivity contribution in [1.29, 1.82) is 0 Å². The van der Waals surface area contributed by atoms with E-state index in [1.165, 1.54) is 39.1 Å². The summed E-state index contributed by atoms with van der Waals surface area (Å²) >= 11 is 0. The molecule has 2 aromatic carbocycles. The summed E-state index contributed by atoms with van der Waals surface area (Å²) in [5.41, 5.74) is 3.57. The number of anilines is 1. The normalized spacial score (nSPS) is 18.0. The number of likely N-dealkylation sites (N-methyl/N-ethyl adjacent to an activating group) is 1. The average molecular weight is 905 g/mol. The zero-order valence-electron chi connectivity index (χ0n) is 36.6. The Hall–Kier alpha value is -6.86. The summed E-state index contributed by atoms with van der Waals surface area (Å²) in [6.07, 6.45) is 7.40. The minimum atomic E-state index is -2.99. The maximum Gasteiger partial charge on any atom is 0.329 e. The van der Waals surface area contributed by atoms with Gasteiger partial charge in [-0.3, -0.25) is 43.5 Å². The Labute approximate surface area is 377 Å². The summed E-state index contributed by atoms with van der Waals surface area (Å²) in [7, 11) is 3.39. The lowest BCUT2D eigenvalue weighted by Gasteiger charge is -2.34. The SMILES string of the molecule is CN(C[C@H]1CN(CCCc2ccc3c(c2)n(C)c(=O)n3C2CCC(=O)NC2=O)CCO1)C(=O)c1ccc(-n2cc(NC(=O)c3coc(-c4ccnc(CCC5CC5)c4)n3)c(C(F)F)n2)cc1. The first-order valence-corrected chi connectivity index (χ1v) is 22.2. The molecule has 0 radical (unpaired) electrons. The van der Waals surface area contributed by atoms with Crippen molar-refractivity contribution in [3.63, 3.8) is 0 Å². The topological polar surface area (TPSA) is 192 Å². The molecule has 6 heterocycles. The first kappa shape index (κ1) is 44.3. The van der Waals surface area contributed by atoms with E-state index in [4.69, 9.17) is 9.15 Å². The quantitative estimate of drug-likeness (QED) is 0.117. The fourth-order valence-corrected chi connectivity index (χ4v) is 8.74. The molecule has 66 heavy (non-hydrogen) atoms. The number of imidazole rings is 1. The van der Waals surface area contributed by atoms with Gasteiger partial charge >= 0.3 is 5.69 Å². The molecule has 6 aromatic rings. The van der Waals surface area contributed by atoms with Gasteiger partial charge in [0.15, 0.2) is 11.4 Å². The second kappa shape index (κ2) is 18.9. The Balaban J connectivity index is 0.769. The van der Waals surface area contributed by atoms with E-state index in [-0.39, 0.29) is 53.7 Å². The molecule has 4 aromatic heterocycles. The van der Waals surface area contributed by atoms with E-state index in [0.717, 1.165) is 61.5 Å². The summed E-state index contributed by atoms with van der Waals surface area (Å²) in [6.45, 7) is 3.05. The van der Waals surface area contributed by atoms with Crippen LogP contribution in [-0.2, 0) is 34.2 Å². The molecule has 0 spiro atoms. The summed E-state index contributed by atoms with van der Waals surface area (Å²) in [4.78, 5) is 76.7. The molecule has 1 unspecified atom stereocenters. The van der Waals surface area contributed by atoms with Crippen LogP contribution in [0.2, 0.25) is 0 Å². The number of hydrogen-bond acceptors (Lipinski definition) is 11. The molecule has 2 saturated heterocycles. The molecule has 2 N–H and O–H groups in total. The highest BCUT2D eigenvalue weighted by Crippen LogP contribution is 2.34. The highest BCUT2D eigenvalue weighted by atomic mass is 19.3. The fraction of sp³-hybridized carbons (Fsp3) is 0.404. The van der Waals surface area contributed by atoms with Gasteiger partial charge in [0.25, 0.3) is 18.2 Å². The number of imide groups is 1. The summed E-state index contributed by atoms with van der Waals surface area (Å²) < 4.78 is 44.2. The molecule has 2 atom stereocenters. The maximum absolute atomic E-state index is 14.2. The Morgan fingerprint density at radius 3 is 2.61 bits per heavy atom. The molecule has 2 aliphatic heterocycles. The first-order valence-electron chi connectivity index (χ1n) is 22.2. The Bertz CT molecular complexity index is 2850. The van der Waals surface area contributed by atoms with E-state index in [1.807, 2.05) is 24.3 Å². The van der Waals surface area contributed by atoms with Gasteiger partial charge in [-0.15, -0.1) is 0 Å². The number of hydrogen-bond donors (Lipinski definition) is 2. The minimum Gasteiger partial charge on any atom is -0.444 e. The monoisotopic (exact) mass is 904 g/mol. The number of carbonyl (C=O) groups excluding carboxylic acids is 4. The molecular weight excluding hydrogens is 855 g/mol. The van der Waals surface area contributed by atoms with Crippen LogP contribution < -0.4 is 16.3 Å². The van der Waals surface area contributed by atoms with Crippen LogP contribution in [-0.4, -0.2) is 108 Å². The number of carbonyl (C=O) groups is 4. The number of alkyl halides is 2. The summed E-state index contributed by atoms with van der Waals surface area (Å²) in [6, 6.07) is 15.1. The largest absolute Gasteiger partial charge is 0.444 e. The zero-order chi connectivity index (χ0) is 46.1. The molecule has 19 heteroatoms. The lowest BCUT2D eigenvalue weighted by atomic mass is 10.0. The third kappa shape index (κ3) is 9.72. The van der Waals surface area contributed by atoms with Gasteiger partial charge in [-0.25, -0.2) is 23.2 Å². The standard InChI is InChI=1S/C47H50F2N10O7/c1-55(24-34-25-57(20-21-65-34)19-3-4-29-8-14-37-39(22-29)56(2)47(64)59(37)38-15-16-40(60)53-44(38)62)46(63)30-9-12-33(13-10-30)58-26-35(41(54-58)42(48)49)51-43(61)36-27-66-45(52-36)31-17-18-50-32(23-31)11-7-28-5-6-28/h8-10,12-14,17-18,22-23,26-28,34,38,42H,3-7,11,15-16,19-21,24-25H2,1-2H3,(H,51,61)(H,53,60,62)/t34-,38?/m0/s1. The van der Waals surface area contributed by atoms with Crippen LogP contribution in [0.1, 0.15) is 88.8 Å². The number of amides is 4. The highest BCUT2D eigenvalue weighted by Gasteiger charge is 2.32. The van der Waals surface area contributed by atoms with E-state index in [9.17, 15) is 32.8 Å². The summed E-state index contributed by atoms with van der Waals surface area (Å²) in [5.74, 6) is -0.811. The van der Waals surface area contributed by atoms with E-state index in [0.29, 0.717) is 42.0 Å². The van der Waals surface area contributed by atoms with Crippen LogP contribution >= 0.6 is 0 Å². The number of nitrogens with zero attached hydrogens (tertiary/aromatic N) is 8. The van der Waals surface area contributed by atoms with E-state index >= 15 is 0 Å². The molecule has 1 aliphatic carbocycles. The number of aryl methyl sites for hydroxylation is 3. The van der Waals surface area contributed by atoms with Gasteiger partial charge in [0.05, 0.1) is 41.3 Å². The average Bonchev–Trinajstić information content (AvgIpc) is 3.73. The molecule has 9 rings (SSSR count). The van der Waals surface area contributed by atoms with Crippen LogP contribution in [0.25, 0.3) is 28.2 Å². The van der Waals surface area contributed by atoms with Crippen molar-refractivity contribution in [2.24, 2.45) is 13.0 Å². The molecule has 17 nitrogen and oxygen atoms in total. The Kier molecular flexibility index (Phi) is 12.7. The van der Waals surface area contributed by atoms with Crippen molar-refractivity contribution in [2.75, 3.05) is 45.2 Å². The van der Waals surface area contributed by atoms with Crippen LogP contribution in [0, 0.1) is 5.92 Å². The van der Waals surface area contributed by atoms with Crippen molar-refractivity contribution >= 4 is 40.3 Å². The molecule has 4 amide bonds. The minimum absolute atomic E-state index is 0.0870. The molecule has 1 saturated carbocycles. The number of piperidine rings is 1. The van der Waals surface area contributed by atoms with Gasteiger partial charge in [0.1, 0.15) is 12.3 Å². The number of oxazole rings is 1. The molecule has 0 bridgehead atoms. The van der Waals surface area contributed by atoms with Crippen molar-refractivity contribution in [3.05, 3.63) is 112 Å². The van der Waals surface area contributed by atoms with Gasteiger partial charge < -0.3 is 19.4 Å². The second-order valence-corrected chi connectivity index (χ2v) is 17.3. The van der Waals surface area contributed by atoms with Gasteiger partial charge in [-0.05, 0) is 98.7 Å². The van der Waals surface area contributed by atoms with E-state index < -0.39 is 30.0 Å². The van der Waals surface area contributed by atoms with Crippen molar-refractivity contribution in [3.8, 4) is 17.1 Å². The molecule has 3 fully saturated rings. The number of aromatic nitrogens is 6. The molecule has 344 valence electrons. The number of ether oxygens (including phenoxy) is 1. The molecule has 3 aliphatic rings. The predicted octanol–water partition coefficient (Wildman–Crippen LogP) is 5.49. The lowest BCUT2D eigenvalue weighted by Crippen LogP contribution is -2.48. The number of nitrogens with one attached hydrogen (secondary N) is 2. The van der Waals surface area contributed by atoms with Crippen molar-refractivity contribution in [2.45, 2.75) is 69.9 Å². The third-order valence-electron chi connectivity index (χ3n) is 12.5. The van der Waals surface area contributed by atoms with Crippen molar-refractivity contribution < 1.29 is 37.1 Å². The molecular formula is C47H50F2N10O7. The number of rotatable bonds is 16. The van der Waals surface area contributed by atoms with Crippen LogP contribution in [0.3, 0.4) is 0 Å². The Morgan fingerprint density at radius 1 is 1.02 bits per heavy atom. The van der Waals surface area contributed by atoms with Gasteiger partial charge in [-0.2, -0.15) is 5.10 Å². The van der Waals surface area contributed by atoms with Crippen LogP contribution in [0.15, 0.2) is 82.5 Å². The number of fused-ring (bicyclic) bond motifs is 1. The van der Waals surface area contributed by atoms with Gasteiger partial charge in [0, 0.05) is 63.2 Å². The Morgan fingerprint density at radius 2 is 1.83 bits per heavy atom. The third-order valence-corrected chi connectivity index (χ3v) is 12.5. The van der Waals surface area contributed by atoms with Crippen LogP contribution in [0.4, 0.5) is 14.5 Å². The predicted molar refractivity (Wildman–Crippen MR) is 237 cm³/mol. The van der Waals surface area contributed by atoms with Crippen LogP contribution in [0.5, 0.6) is 0 Å². The number of halogens is 2. The van der Waals surface area contributed by atoms with Gasteiger partial charge in [0.2, 0.25) is 17.7 Å². The lowest BCUT2D eigenvalue weighted by molar-refractivity contribution is -0.135. The second-order valence-electron chi connectivity index (χ2n) is 17.3. The van der Waals surface area contributed by atoms with Gasteiger partial charge in [-0.1, -0.05) is 18.9 Å². The van der Waals surface area contributed by atoms with E-state index in [1.54, 1.807) is 55.5 Å². The number of morpholine rings is 1. The smallest absolute Gasteiger partial charge is 0.329 e. The van der Waals surface area contributed by atoms with E-state index in [2.05, 4.69) is 30.6 Å². The number of pyridine rings is 1. The first-order chi connectivity index (χ1) is 31.9. The summed E-state index contributed by atoms with van der Waals surface area (Å²) in [5, 5.41) is 8.88. The fourth-order valence-electron chi connectivity index (χ4n) is 8.74. The maximum atomic E-state index is 14.2. The van der Waals surface area contributed by atoms with Crippen molar-refractivity contribution in [1.82, 2.24) is 44.0 Å².